The molecule has 2 atom stereocenters. The van der Waals surface area contributed by atoms with Gasteiger partial charge in [0.15, 0.2) is 0 Å². The summed E-state index contributed by atoms with van der Waals surface area (Å²) in [5.74, 6) is -1.57. The van der Waals surface area contributed by atoms with E-state index in [2.05, 4.69) is 5.10 Å². The van der Waals surface area contributed by atoms with Gasteiger partial charge in [-0.1, -0.05) is 0 Å². The molecule has 10 heteroatoms. The molecule has 0 saturated carbocycles. The van der Waals surface area contributed by atoms with Crippen LogP contribution in [0.25, 0.3) is 0 Å². The van der Waals surface area contributed by atoms with Crippen molar-refractivity contribution in [2.75, 3.05) is 13.7 Å². The number of ether oxygens (including phenoxy) is 1. The predicted molar refractivity (Wildman–Crippen MR) is 67.4 cm³/mol. The van der Waals surface area contributed by atoms with E-state index in [9.17, 15) is 19.7 Å². The zero-order valence-electron chi connectivity index (χ0n) is 11.2. The lowest BCUT2D eigenvalue weighted by Gasteiger charge is -2.21. The third kappa shape index (κ3) is 3.16. The van der Waals surface area contributed by atoms with Crippen molar-refractivity contribution >= 4 is 17.6 Å². The normalized spacial score (nSPS) is 21.5. The minimum atomic E-state index is -1.10. The Balaban J connectivity index is 2.07. The van der Waals surface area contributed by atoms with Gasteiger partial charge in [0.05, 0.1) is 11.0 Å². The van der Waals surface area contributed by atoms with Crippen LogP contribution in [0.1, 0.15) is 6.42 Å². The van der Waals surface area contributed by atoms with Crippen LogP contribution in [0, 0.1) is 10.1 Å². The Labute approximate surface area is 119 Å². The van der Waals surface area contributed by atoms with Crippen LogP contribution in [-0.2, 0) is 20.9 Å². The summed E-state index contributed by atoms with van der Waals surface area (Å²) in [5.41, 5.74) is -0.228. The van der Waals surface area contributed by atoms with Crippen molar-refractivity contribution in [3.8, 4) is 0 Å². The zero-order chi connectivity index (χ0) is 15.6. The van der Waals surface area contributed by atoms with Gasteiger partial charge in [-0.2, -0.15) is 5.10 Å². The van der Waals surface area contributed by atoms with E-state index in [4.69, 9.17) is 9.84 Å². The number of nitro groups is 1. The molecule has 2 rings (SSSR count). The van der Waals surface area contributed by atoms with Gasteiger partial charge in [-0.3, -0.25) is 19.6 Å². The van der Waals surface area contributed by atoms with Crippen molar-refractivity contribution in [1.82, 2.24) is 14.7 Å². The lowest BCUT2D eigenvalue weighted by Crippen LogP contribution is -2.42. The number of carboxylic acids is 1. The van der Waals surface area contributed by atoms with Crippen molar-refractivity contribution in [2.45, 2.75) is 25.1 Å². The van der Waals surface area contributed by atoms with Crippen molar-refractivity contribution in [2.24, 2.45) is 0 Å². The molecular weight excluding hydrogens is 284 g/mol. The number of aromatic nitrogens is 2. The summed E-state index contributed by atoms with van der Waals surface area (Å²) in [6, 6.07) is -0.951. The lowest BCUT2D eigenvalue weighted by molar-refractivity contribution is -0.385. The second-order valence-electron chi connectivity index (χ2n) is 4.65. The Morgan fingerprint density at radius 1 is 1.62 bits per heavy atom. The van der Waals surface area contributed by atoms with E-state index in [1.54, 1.807) is 0 Å². The summed E-state index contributed by atoms with van der Waals surface area (Å²) in [4.78, 5) is 34.4. The first kappa shape index (κ1) is 14.9. The largest absolute Gasteiger partial charge is 0.480 e. The minimum absolute atomic E-state index is 0.176. The molecule has 0 radical (unpaired) electrons. The van der Waals surface area contributed by atoms with Crippen LogP contribution in [0.3, 0.4) is 0 Å². The summed E-state index contributed by atoms with van der Waals surface area (Å²) in [7, 11) is 1.45. The molecule has 2 unspecified atom stereocenters. The van der Waals surface area contributed by atoms with Gasteiger partial charge in [0.25, 0.3) is 0 Å². The molecule has 1 aliphatic heterocycles. The third-order valence-corrected chi connectivity index (χ3v) is 3.33. The summed E-state index contributed by atoms with van der Waals surface area (Å²) in [6.45, 7) is -0.0796. The van der Waals surface area contributed by atoms with Crippen LogP contribution in [0.15, 0.2) is 12.4 Å². The molecule has 1 fully saturated rings. The second-order valence-corrected chi connectivity index (χ2v) is 4.65. The van der Waals surface area contributed by atoms with E-state index in [-0.39, 0.29) is 31.3 Å². The average Bonchev–Trinajstić information content (AvgIpc) is 3.04. The van der Waals surface area contributed by atoms with Crippen LogP contribution in [-0.4, -0.2) is 62.4 Å². The third-order valence-electron chi connectivity index (χ3n) is 3.33. The van der Waals surface area contributed by atoms with Gasteiger partial charge in [0.2, 0.25) is 5.91 Å². The first-order valence-corrected chi connectivity index (χ1v) is 6.14. The number of hydrogen-bond donors (Lipinski definition) is 1. The fraction of sp³-hybridized carbons (Fsp3) is 0.545. The Morgan fingerprint density at radius 3 is 2.86 bits per heavy atom. The fourth-order valence-corrected chi connectivity index (χ4v) is 2.24. The molecule has 0 aromatic carbocycles. The summed E-state index contributed by atoms with van der Waals surface area (Å²) in [6.07, 6.45) is 2.04. The van der Waals surface area contributed by atoms with Crippen LogP contribution >= 0.6 is 0 Å². The SMILES string of the molecule is COC1CC(C(=O)O)N(C(=O)Cn2cc([N+](=O)[O-])cn2)C1. The topological polar surface area (TPSA) is 128 Å². The molecule has 10 nitrogen and oxygen atoms in total. The quantitative estimate of drug-likeness (QED) is 0.572. The maximum absolute atomic E-state index is 12.1. The maximum Gasteiger partial charge on any atom is 0.326 e. The monoisotopic (exact) mass is 298 g/mol. The number of methoxy groups -OCH3 is 1. The molecule has 21 heavy (non-hydrogen) atoms. The molecule has 0 aliphatic carbocycles. The highest BCUT2D eigenvalue weighted by Gasteiger charge is 2.39. The average molecular weight is 298 g/mol. The Hall–Kier alpha value is -2.49. The highest BCUT2D eigenvalue weighted by molar-refractivity contribution is 5.84. The van der Waals surface area contributed by atoms with Crippen LogP contribution < -0.4 is 0 Å². The number of carbonyl (C=O) groups excluding carboxylic acids is 1. The second kappa shape index (κ2) is 5.87. The Bertz CT molecular complexity index is 571. The number of carbonyl (C=O) groups is 2. The van der Waals surface area contributed by atoms with Gasteiger partial charge < -0.3 is 14.7 Å². The molecule has 0 bridgehead atoms. The van der Waals surface area contributed by atoms with Gasteiger partial charge >= 0.3 is 11.7 Å². The van der Waals surface area contributed by atoms with Crippen LogP contribution in [0.5, 0.6) is 0 Å². The number of hydrogen-bond acceptors (Lipinski definition) is 6. The predicted octanol–water partition coefficient (Wildman–Crippen LogP) is -0.508. The molecule has 1 aromatic heterocycles. The van der Waals surface area contributed by atoms with Crippen molar-refractivity contribution in [1.29, 1.82) is 0 Å². The molecule has 1 amide bonds. The van der Waals surface area contributed by atoms with Gasteiger partial charge in [-0.05, 0) is 0 Å². The standard InChI is InChI=1S/C11H14N4O6/c1-21-8-2-9(11(17)18)14(5-8)10(16)6-13-4-7(3-12-13)15(19)20/h3-4,8-9H,2,5-6H2,1H3,(H,17,18). The number of carboxylic acid groups (broad SMARTS) is 1. The van der Waals surface area contributed by atoms with Gasteiger partial charge in [-0.15, -0.1) is 0 Å². The zero-order valence-corrected chi connectivity index (χ0v) is 11.2. The van der Waals surface area contributed by atoms with E-state index in [0.29, 0.717) is 0 Å². The van der Waals surface area contributed by atoms with Gasteiger partial charge in [0, 0.05) is 20.1 Å². The summed E-state index contributed by atoms with van der Waals surface area (Å²) < 4.78 is 6.20. The van der Waals surface area contributed by atoms with E-state index in [0.717, 1.165) is 17.1 Å². The lowest BCUT2D eigenvalue weighted by atomic mass is 10.2. The first-order chi connectivity index (χ1) is 9.92. The van der Waals surface area contributed by atoms with Crippen molar-refractivity contribution in [3.63, 3.8) is 0 Å². The fourth-order valence-electron chi connectivity index (χ4n) is 2.24. The Morgan fingerprint density at radius 2 is 2.33 bits per heavy atom. The van der Waals surface area contributed by atoms with E-state index < -0.39 is 22.8 Å². The number of likely N-dealkylation sites (tertiary alicyclic amines) is 1. The number of rotatable bonds is 5. The van der Waals surface area contributed by atoms with E-state index >= 15 is 0 Å². The minimum Gasteiger partial charge on any atom is -0.480 e. The number of amides is 1. The van der Waals surface area contributed by atoms with Crippen LogP contribution in [0.4, 0.5) is 5.69 Å². The van der Waals surface area contributed by atoms with Crippen LogP contribution in [0.2, 0.25) is 0 Å². The molecule has 114 valence electrons. The number of nitrogens with zero attached hydrogens (tertiary/aromatic N) is 4. The summed E-state index contributed by atoms with van der Waals surface area (Å²) >= 11 is 0. The summed E-state index contributed by atoms with van der Waals surface area (Å²) in [5, 5.41) is 23.4. The molecular formula is C11H14N4O6. The molecule has 1 aliphatic rings. The molecule has 1 saturated heterocycles. The van der Waals surface area contributed by atoms with E-state index in [1.165, 1.54) is 12.0 Å². The molecule has 0 spiro atoms. The number of aliphatic carboxylic acids is 1. The maximum atomic E-state index is 12.1. The van der Waals surface area contributed by atoms with Gasteiger partial charge in [-0.25, -0.2) is 4.79 Å². The molecule has 2 heterocycles. The van der Waals surface area contributed by atoms with Crippen molar-refractivity contribution < 1.29 is 24.4 Å². The first-order valence-electron chi connectivity index (χ1n) is 6.14. The highest BCUT2D eigenvalue weighted by Crippen LogP contribution is 2.21. The Kier molecular flexibility index (Phi) is 4.17. The van der Waals surface area contributed by atoms with E-state index in [1.807, 2.05) is 0 Å². The highest BCUT2D eigenvalue weighted by atomic mass is 16.6. The molecule has 1 N–H and O–H groups in total. The molecule has 1 aromatic rings. The van der Waals surface area contributed by atoms with Crippen molar-refractivity contribution in [3.05, 3.63) is 22.5 Å². The van der Waals surface area contributed by atoms with Gasteiger partial charge in [0.1, 0.15) is 25.0 Å². The smallest absolute Gasteiger partial charge is 0.326 e.